The second-order valence-corrected chi connectivity index (χ2v) is 9.29. The third-order valence-electron chi connectivity index (χ3n) is 4.83. The summed E-state index contributed by atoms with van der Waals surface area (Å²) in [6.07, 6.45) is 4.47. The van der Waals surface area contributed by atoms with Crippen LogP contribution in [0.4, 0.5) is 4.79 Å². The van der Waals surface area contributed by atoms with Crippen molar-refractivity contribution in [2.24, 2.45) is 0 Å². The number of aromatic nitrogens is 3. The number of benzene rings is 1. The van der Waals surface area contributed by atoms with Crippen LogP contribution < -0.4 is 5.56 Å². The van der Waals surface area contributed by atoms with E-state index in [1.165, 1.54) is 4.57 Å². The van der Waals surface area contributed by atoms with E-state index in [1.807, 2.05) is 20.8 Å². The van der Waals surface area contributed by atoms with Gasteiger partial charge in [0.05, 0.1) is 39.4 Å². The Kier molecular flexibility index (Phi) is 5.66. The fourth-order valence-corrected chi connectivity index (χ4v) is 3.76. The highest BCUT2D eigenvalue weighted by Gasteiger charge is 2.36. The minimum Gasteiger partial charge on any atom is -0.444 e. The largest absolute Gasteiger partial charge is 0.444 e. The predicted octanol–water partition coefficient (Wildman–Crippen LogP) is 4.99. The van der Waals surface area contributed by atoms with E-state index in [1.54, 1.807) is 41.6 Å². The van der Waals surface area contributed by atoms with Crippen molar-refractivity contribution in [2.75, 3.05) is 0 Å². The van der Waals surface area contributed by atoms with Gasteiger partial charge in [-0.05, 0) is 57.9 Å². The maximum absolute atomic E-state index is 13.5. The third-order valence-corrected chi connectivity index (χ3v) is 5.45. The standard InChI is InChI=1S/C22H22Cl2N4O3/c1-22(2,3)31-21(30)27(13-6-7-13)12-17-26-19-16(24)9-8-15(23)18(19)20(29)28(17)14-5-4-10-25-11-14/h4-5,8-11,13H,6-7,12H2,1-3H3. The minimum atomic E-state index is -0.638. The summed E-state index contributed by atoms with van der Waals surface area (Å²) in [6.45, 7) is 5.54. The molecule has 0 bridgehead atoms. The van der Waals surface area contributed by atoms with Gasteiger partial charge in [0.25, 0.3) is 5.56 Å². The Morgan fingerprint density at radius 2 is 1.94 bits per heavy atom. The van der Waals surface area contributed by atoms with Crippen molar-refractivity contribution in [3.8, 4) is 5.69 Å². The summed E-state index contributed by atoms with van der Waals surface area (Å²) in [5.41, 5.74) is -0.191. The molecule has 0 atom stereocenters. The molecule has 0 unspecified atom stereocenters. The van der Waals surface area contributed by atoms with E-state index in [-0.39, 0.29) is 28.6 Å². The Balaban J connectivity index is 1.89. The lowest BCUT2D eigenvalue weighted by molar-refractivity contribution is 0.0210. The van der Waals surface area contributed by atoms with Crippen molar-refractivity contribution in [3.05, 3.63) is 62.9 Å². The van der Waals surface area contributed by atoms with Crippen molar-refractivity contribution in [1.82, 2.24) is 19.4 Å². The van der Waals surface area contributed by atoms with Gasteiger partial charge in [0.1, 0.15) is 11.4 Å². The van der Waals surface area contributed by atoms with Crippen LogP contribution in [0.2, 0.25) is 10.0 Å². The second-order valence-electron chi connectivity index (χ2n) is 8.47. The summed E-state index contributed by atoms with van der Waals surface area (Å²) in [4.78, 5) is 36.8. The maximum Gasteiger partial charge on any atom is 0.410 e. The number of ether oxygens (including phenoxy) is 1. The van der Waals surface area contributed by atoms with Gasteiger partial charge >= 0.3 is 6.09 Å². The van der Waals surface area contributed by atoms with Crippen LogP contribution in [0.5, 0.6) is 0 Å². The van der Waals surface area contributed by atoms with Crippen LogP contribution in [0.3, 0.4) is 0 Å². The molecule has 1 saturated carbocycles. The van der Waals surface area contributed by atoms with Crippen molar-refractivity contribution in [3.63, 3.8) is 0 Å². The Labute approximate surface area is 189 Å². The molecular weight excluding hydrogens is 439 g/mol. The second kappa shape index (κ2) is 8.13. The minimum absolute atomic E-state index is 0.0413. The smallest absolute Gasteiger partial charge is 0.410 e. The summed E-state index contributed by atoms with van der Waals surface area (Å²) in [5.74, 6) is 0.354. The van der Waals surface area contributed by atoms with Crippen LogP contribution in [0.15, 0.2) is 41.5 Å². The highest BCUT2D eigenvalue weighted by molar-refractivity contribution is 6.39. The normalized spacial score (nSPS) is 14.0. The zero-order valence-electron chi connectivity index (χ0n) is 17.4. The molecule has 1 aliphatic rings. The van der Waals surface area contributed by atoms with Crippen LogP contribution in [-0.4, -0.2) is 37.2 Å². The van der Waals surface area contributed by atoms with Crippen molar-refractivity contribution in [1.29, 1.82) is 0 Å². The first-order valence-corrected chi connectivity index (χ1v) is 10.7. The summed E-state index contributed by atoms with van der Waals surface area (Å²) in [7, 11) is 0. The SMILES string of the molecule is CC(C)(C)OC(=O)N(Cc1nc2c(Cl)ccc(Cl)c2c(=O)n1-c1cccnc1)C1CC1. The van der Waals surface area contributed by atoms with E-state index in [0.717, 1.165) is 12.8 Å². The molecule has 1 aromatic carbocycles. The Morgan fingerprint density at radius 3 is 2.55 bits per heavy atom. The fourth-order valence-electron chi connectivity index (χ4n) is 3.32. The molecule has 7 nitrogen and oxygen atoms in total. The Bertz CT molecular complexity index is 1200. The molecule has 1 aliphatic carbocycles. The van der Waals surface area contributed by atoms with Gasteiger partial charge in [-0.25, -0.2) is 9.78 Å². The van der Waals surface area contributed by atoms with Crippen LogP contribution in [0.1, 0.15) is 39.4 Å². The molecule has 0 N–H and O–H groups in total. The van der Waals surface area contributed by atoms with Crippen molar-refractivity contribution < 1.29 is 9.53 Å². The first kappa shape index (κ1) is 21.6. The molecule has 0 radical (unpaired) electrons. The van der Waals surface area contributed by atoms with Crippen LogP contribution in [0, 0.1) is 0 Å². The fraction of sp³-hybridized carbons (Fsp3) is 0.364. The summed E-state index contributed by atoms with van der Waals surface area (Å²) < 4.78 is 7.02. The van der Waals surface area contributed by atoms with Gasteiger partial charge in [0, 0.05) is 12.2 Å². The molecule has 31 heavy (non-hydrogen) atoms. The molecule has 4 rings (SSSR count). The summed E-state index contributed by atoms with van der Waals surface area (Å²) in [6, 6.07) is 6.68. The number of pyridine rings is 1. The first-order valence-electron chi connectivity index (χ1n) is 9.95. The molecule has 3 aromatic rings. The number of halogens is 2. The zero-order valence-corrected chi connectivity index (χ0v) is 18.9. The van der Waals surface area contributed by atoms with Crippen LogP contribution in [-0.2, 0) is 11.3 Å². The number of hydrogen-bond acceptors (Lipinski definition) is 5. The molecule has 9 heteroatoms. The van der Waals surface area contributed by atoms with E-state index >= 15 is 0 Å². The molecule has 162 valence electrons. The van der Waals surface area contributed by atoms with Crippen LogP contribution in [0.25, 0.3) is 16.6 Å². The van der Waals surface area contributed by atoms with Gasteiger partial charge in [0.2, 0.25) is 0 Å². The van der Waals surface area contributed by atoms with E-state index in [2.05, 4.69) is 9.97 Å². The van der Waals surface area contributed by atoms with Gasteiger partial charge in [-0.3, -0.25) is 19.2 Å². The Hall–Kier alpha value is -2.64. The molecule has 2 aromatic heterocycles. The van der Waals surface area contributed by atoms with E-state index in [0.29, 0.717) is 22.1 Å². The molecule has 2 heterocycles. The van der Waals surface area contributed by atoms with Crippen molar-refractivity contribution >= 4 is 40.2 Å². The third kappa shape index (κ3) is 4.52. The maximum atomic E-state index is 13.5. The van der Waals surface area contributed by atoms with E-state index in [4.69, 9.17) is 27.9 Å². The van der Waals surface area contributed by atoms with Gasteiger partial charge < -0.3 is 4.74 Å². The zero-order chi connectivity index (χ0) is 22.3. The number of carbonyl (C=O) groups is 1. The number of carbonyl (C=O) groups excluding carboxylic acids is 1. The van der Waals surface area contributed by atoms with Crippen molar-refractivity contribution in [2.45, 2.75) is 51.8 Å². The molecule has 1 amide bonds. The number of hydrogen-bond donors (Lipinski definition) is 0. The summed E-state index contributed by atoms with van der Waals surface area (Å²) >= 11 is 12.7. The lowest BCUT2D eigenvalue weighted by Crippen LogP contribution is -2.39. The summed E-state index contributed by atoms with van der Waals surface area (Å²) in [5, 5.41) is 0.788. The average molecular weight is 461 g/mol. The molecule has 0 aliphatic heterocycles. The highest BCUT2D eigenvalue weighted by atomic mass is 35.5. The monoisotopic (exact) mass is 460 g/mol. The number of amides is 1. The van der Waals surface area contributed by atoms with Gasteiger partial charge in [-0.2, -0.15) is 0 Å². The first-order chi connectivity index (χ1) is 14.7. The van der Waals surface area contributed by atoms with Crippen LogP contribution >= 0.6 is 23.2 Å². The molecular formula is C22H22Cl2N4O3. The quantitative estimate of drug-likeness (QED) is 0.547. The number of fused-ring (bicyclic) bond motifs is 1. The topological polar surface area (TPSA) is 77.3 Å². The Morgan fingerprint density at radius 1 is 1.23 bits per heavy atom. The lowest BCUT2D eigenvalue weighted by Gasteiger charge is -2.28. The van der Waals surface area contributed by atoms with E-state index < -0.39 is 11.7 Å². The number of nitrogens with zero attached hydrogens (tertiary/aromatic N) is 4. The predicted molar refractivity (Wildman–Crippen MR) is 120 cm³/mol. The molecule has 0 saturated heterocycles. The highest BCUT2D eigenvalue weighted by Crippen LogP contribution is 2.31. The van der Waals surface area contributed by atoms with E-state index in [9.17, 15) is 9.59 Å². The molecule has 0 spiro atoms. The van der Waals surface area contributed by atoms with Gasteiger partial charge in [-0.15, -0.1) is 0 Å². The lowest BCUT2D eigenvalue weighted by atomic mass is 10.2. The number of rotatable bonds is 4. The average Bonchev–Trinajstić information content (AvgIpc) is 3.53. The van der Waals surface area contributed by atoms with Gasteiger partial charge in [0.15, 0.2) is 0 Å². The van der Waals surface area contributed by atoms with Gasteiger partial charge in [-0.1, -0.05) is 23.2 Å². The molecule has 1 fully saturated rings.